The highest BCUT2D eigenvalue weighted by atomic mass is 32.2. The molecule has 0 radical (unpaired) electrons. The molecular formula is C16H18F2N2O2S. The molecule has 0 aliphatic heterocycles. The van der Waals surface area contributed by atoms with Crippen LogP contribution in [0.15, 0.2) is 33.9 Å². The Morgan fingerprint density at radius 2 is 1.87 bits per heavy atom. The molecule has 124 valence electrons. The average Bonchev–Trinajstić information content (AvgIpc) is 3.03. The number of thioether (sulfide) groups is 1. The monoisotopic (exact) mass is 340 g/mol. The maximum Gasteiger partial charge on any atom is 0.387 e. The van der Waals surface area contributed by atoms with E-state index in [-0.39, 0.29) is 5.75 Å². The van der Waals surface area contributed by atoms with Crippen LogP contribution in [0.3, 0.4) is 0 Å². The van der Waals surface area contributed by atoms with Crippen LogP contribution in [0.2, 0.25) is 0 Å². The number of alkyl halides is 2. The number of aromatic nitrogens is 2. The van der Waals surface area contributed by atoms with Gasteiger partial charge in [0, 0.05) is 11.3 Å². The van der Waals surface area contributed by atoms with Crippen LogP contribution in [0.5, 0.6) is 5.75 Å². The summed E-state index contributed by atoms with van der Waals surface area (Å²) in [4.78, 5) is 0. The van der Waals surface area contributed by atoms with Crippen LogP contribution >= 0.6 is 11.8 Å². The van der Waals surface area contributed by atoms with E-state index in [1.165, 1.54) is 44.2 Å². The van der Waals surface area contributed by atoms with Crippen molar-refractivity contribution in [3.05, 3.63) is 24.3 Å². The fourth-order valence-electron chi connectivity index (χ4n) is 2.71. The molecule has 0 saturated heterocycles. The Morgan fingerprint density at radius 1 is 1.13 bits per heavy atom. The van der Waals surface area contributed by atoms with E-state index in [1.54, 1.807) is 23.9 Å². The Bertz CT molecular complexity index is 613. The summed E-state index contributed by atoms with van der Waals surface area (Å²) in [5.74, 6) is 2.23. The molecule has 1 heterocycles. The summed E-state index contributed by atoms with van der Waals surface area (Å²) in [7, 11) is 0. The summed E-state index contributed by atoms with van der Waals surface area (Å²) in [5.41, 5.74) is 0.684. The van der Waals surface area contributed by atoms with Crippen molar-refractivity contribution in [3.8, 4) is 17.2 Å². The predicted octanol–water partition coefficient (Wildman–Crippen LogP) is 5.01. The van der Waals surface area contributed by atoms with Gasteiger partial charge in [-0.25, -0.2) is 0 Å². The molecule has 1 fully saturated rings. The minimum absolute atomic E-state index is 0.107. The second kappa shape index (κ2) is 7.77. The number of nitrogens with zero attached hydrogens (tertiary/aromatic N) is 2. The third-order valence-electron chi connectivity index (χ3n) is 3.90. The average molecular weight is 340 g/mol. The fraction of sp³-hybridized carbons (Fsp3) is 0.500. The van der Waals surface area contributed by atoms with E-state index >= 15 is 0 Å². The zero-order chi connectivity index (χ0) is 16.1. The molecule has 0 amide bonds. The van der Waals surface area contributed by atoms with E-state index in [2.05, 4.69) is 14.9 Å². The number of benzene rings is 1. The largest absolute Gasteiger partial charge is 0.435 e. The molecule has 0 N–H and O–H groups in total. The molecule has 2 aromatic rings. The molecule has 1 aliphatic carbocycles. The van der Waals surface area contributed by atoms with Crippen molar-refractivity contribution in [1.29, 1.82) is 0 Å². The summed E-state index contributed by atoms with van der Waals surface area (Å²) >= 11 is 1.59. The summed E-state index contributed by atoms with van der Waals surface area (Å²) in [6.07, 6.45) is 6.52. The zero-order valence-electron chi connectivity index (χ0n) is 12.6. The van der Waals surface area contributed by atoms with Crippen LogP contribution in [-0.2, 0) is 0 Å². The molecule has 0 spiro atoms. The number of rotatable bonds is 6. The lowest BCUT2D eigenvalue weighted by molar-refractivity contribution is -0.0498. The molecule has 1 saturated carbocycles. The van der Waals surface area contributed by atoms with Crippen LogP contribution < -0.4 is 4.74 Å². The third-order valence-corrected chi connectivity index (χ3v) is 4.95. The lowest BCUT2D eigenvalue weighted by atomic mass is 9.91. The van der Waals surface area contributed by atoms with Gasteiger partial charge in [-0.05, 0) is 43.0 Å². The summed E-state index contributed by atoms with van der Waals surface area (Å²) < 4.78 is 34.2. The van der Waals surface area contributed by atoms with Crippen molar-refractivity contribution in [3.63, 3.8) is 0 Å². The molecule has 0 bridgehead atoms. The van der Waals surface area contributed by atoms with Gasteiger partial charge in [0.15, 0.2) is 0 Å². The molecule has 23 heavy (non-hydrogen) atoms. The highest BCUT2D eigenvalue weighted by Gasteiger charge is 2.16. The molecule has 1 aromatic heterocycles. The maximum absolute atomic E-state index is 12.1. The van der Waals surface area contributed by atoms with Gasteiger partial charge in [0.05, 0.1) is 0 Å². The van der Waals surface area contributed by atoms with E-state index in [1.807, 2.05) is 0 Å². The molecule has 3 rings (SSSR count). The molecule has 0 atom stereocenters. The van der Waals surface area contributed by atoms with Crippen LogP contribution in [0.1, 0.15) is 32.1 Å². The Balaban J connectivity index is 1.57. The van der Waals surface area contributed by atoms with E-state index in [0.29, 0.717) is 16.7 Å². The van der Waals surface area contributed by atoms with E-state index in [4.69, 9.17) is 4.42 Å². The molecular weight excluding hydrogens is 322 g/mol. The van der Waals surface area contributed by atoms with Crippen molar-refractivity contribution >= 4 is 11.8 Å². The summed E-state index contributed by atoms with van der Waals surface area (Å²) in [6, 6.07) is 6.17. The smallest absolute Gasteiger partial charge is 0.387 e. The van der Waals surface area contributed by atoms with Crippen molar-refractivity contribution < 1.29 is 17.9 Å². The molecule has 7 heteroatoms. The highest BCUT2D eigenvalue weighted by molar-refractivity contribution is 7.99. The first-order chi connectivity index (χ1) is 11.2. The molecule has 1 aromatic carbocycles. The van der Waals surface area contributed by atoms with Gasteiger partial charge in [0.1, 0.15) is 5.75 Å². The van der Waals surface area contributed by atoms with E-state index in [0.717, 1.165) is 11.7 Å². The van der Waals surface area contributed by atoms with Gasteiger partial charge in [0.2, 0.25) is 5.89 Å². The quantitative estimate of drug-likeness (QED) is 0.692. The number of hydrogen-bond donors (Lipinski definition) is 0. The van der Waals surface area contributed by atoms with E-state index in [9.17, 15) is 8.78 Å². The molecule has 0 unspecified atom stereocenters. The summed E-state index contributed by atoms with van der Waals surface area (Å²) in [5, 5.41) is 8.61. The minimum Gasteiger partial charge on any atom is -0.435 e. The van der Waals surface area contributed by atoms with E-state index < -0.39 is 6.61 Å². The van der Waals surface area contributed by atoms with Gasteiger partial charge in [-0.15, -0.1) is 10.2 Å². The van der Waals surface area contributed by atoms with Gasteiger partial charge in [-0.1, -0.05) is 31.0 Å². The normalized spacial score (nSPS) is 16.0. The fourth-order valence-corrected chi connectivity index (χ4v) is 3.65. The van der Waals surface area contributed by atoms with Crippen molar-refractivity contribution in [1.82, 2.24) is 10.2 Å². The Morgan fingerprint density at radius 3 is 2.57 bits per heavy atom. The second-order valence-electron chi connectivity index (χ2n) is 5.59. The third kappa shape index (κ3) is 4.67. The topological polar surface area (TPSA) is 48.2 Å². The lowest BCUT2D eigenvalue weighted by Crippen LogP contribution is -2.08. The highest BCUT2D eigenvalue weighted by Crippen LogP contribution is 2.31. The van der Waals surface area contributed by atoms with Gasteiger partial charge in [-0.2, -0.15) is 8.78 Å². The Kier molecular flexibility index (Phi) is 5.48. The summed E-state index contributed by atoms with van der Waals surface area (Å²) in [6.45, 7) is -2.83. The maximum atomic E-state index is 12.1. The minimum atomic E-state index is -2.83. The standard InChI is InChI=1S/C16H18F2N2O2S/c17-15(18)21-13-8-6-12(7-9-13)14-19-20-16(22-14)23-10-11-4-2-1-3-5-11/h6-9,11,15H,1-5,10H2. The first-order valence-corrected chi connectivity index (χ1v) is 8.71. The van der Waals surface area contributed by atoms with Crippen LogP contribution in [-0.4, -0.2) is 22.6 Å². The van der Waals surface area contributed by atoms with Gasteiger partial charge in [0.25, 0.3) is 5.22 Å². The van der Waals surface area contributed by atoms with Gasteiger partial charge >= 0.3 is 6.61 Å². The van der Waals surface area contributed by atoms with Crippen LogP contribution in [0.4, 0.5) is 8.78 Å². The molecule has 4 nitrogen and oxygen atoms in total. The SMILES string of the molecule is FC(F)Oc1ccc(-c2nnc(SCC3CCCCC3)o2)cc1. The lowest BCUT2D eigenvalue weighted by Gasteiger charge is -2.19. The Labute approximate surface area is 137 Å². The first-order valence-electron chi connectivity index (χ1n) is 7.72. The predicted molar refractivity (Wildman–Crippen MR) is 83.7 cm³/mol. The number of ether oxygens (including phenoxy) is 1. The molecule has 1 aliphatic rings. The van der Waals surface area contributed by atoms with Crippen molar-refractivity contribution in [2.75, 3.05) is 5.75 Å². The van der Waals surface area contributed by atoms with Gasteiger partial charge in [-0.3, -0.25) is 0 Å². The number of hydrogen-bond acceptors (Lipinski definition) is 5. The van der Waals surface area contributed by atoms with Crippen LogP contribution in [0, 0.1) is 5.92 Å². The zero-order valence-corrected chi connectivity index (χ0v) is 13.4. The van der Waals surface area contributed by atoms with Crippen molar-refractivity contribution in [2.45, 2.75) is 43.9 Å². The van der Waals surface area contributed by atoms with Crippen molar-refractivity contribution in [2.24, 2.45) is 5.92 Å². The van der Waals surface area contributed by atoms with Gasteiger partial charge < -0.3 is 9.15 Å². The Hall–Kier alpha value is -1.63. The first kappa shape index (κ1) is 16.2. The second-order valence-corrected chi connectivity index (χ2v) is 6.56. The van der Waals surface area contributed by atoms with Crippen LogP contribution in [0.25, 0.3) is 11.5 Å². The number of halogens is 2.